The monoisotopic (exact) mass is 563 g/mol. The number of carboxylic acids is 1. The van der Waals surface area contributed by atoms with E-state index in [0.29, 0.717) is 17.7 Å². The maximum atomic E-state index is 13.2. The van der Waals surface area contributed by atoms with Crippen LogP contribution in [0.5, 0.6) is 0 Å². The van der Waals surface area contributed by atoms with Crippen LogP contribution in [0.1, 0.15) is 11.4 Å². The van der Waals surface area contributed by atoms with Gasteiger partial charge in [0.25, 0.3) is 11.8 Å². The van der Waals surface area contributed by atoms with Crippen LogP contribution >= 0.6 is 23.1 Å². The van der Waals surface area contributed by atoms with Gasteiger partial charge in [0.15, 0.2) is 10.8 Å². The molecule has 1 fully saturated rings. The number of nitrogens with one attached hydrogen (secondary N) is 1. The summed E-state index contributed by atoms with van der Waals surface area (Å²) in [6, 6.07) is 10.8. The second kappa shape index (κ2) is 9.71. The van der Waals surface area contributed by atoms with Gasteiger partial charge in [0.1, 0.15) is 35.6 Å². The van der Waals surface area contributed by atoms with Crippen molar-refractivity contribution in [2.45, 2.75) is 17.8 Å². The van der Waals surface area contributed by atoms with E-state index in [1.165, 1.54) is 23.8 Å². The Morgan fingerprint density at radius 1 is 1.28 bits per heavy atom. The summed E-state index contributed by atoms with van der Waals surface area (Å²) >= 11 is 2.52. The van der Waals surface area contributed by atoms with Gasteiger partial charge in [0.2, 0.25) is 0 Å². The number of anilines is 1. The lowest BCUT2D eigenvalue weighted by Crippen LogP contribution is -2.71. The Morgan fingerprint density at radius 3 is 2.85 bits per heavy atom. The van der Waals surface area contributed by atoms with Crippen LogP contribution in [0, 0.1) is 0 Å². The molecule has 1 aromatic carbocycles. The number of pyridine rings is 1. The fraction of sp³-hybridized carbons (Fsp3) is 0.200. The number of aliphatic carboxylic acids is 1. The Labute approximate surface area is 229 Å². The van der Waals surface area contributed by atoms with E-state index in [2.05, 4.69) is 20.4 Å². The highest BCUT2D eigenvalue weighted by Gasteiger charge is 2.54. The number of oxime groups is 1. The van der Waals surface area contributed by atoms with Crippen LogP contribution in [0.4, 0.5) is 5.13 Å². The number of imidazole rings is 1. The summed E-state index contributed by atoms with van der Waals surface area (Å²) in [5.74, 6) is -2.03. The minimum atomic E-state index is -1.20. The largest absolute Gasteiger partial charge is 0.477 e. The molecule has 4 aromatic rings. The molecule has 0 bridgehead atoms. The number of fused-ring (bicyclic) bond motifs is 4. The van der Waals surface area contributed by atoms with Crippen molar-refractivity contribution < 1.29 is 24.3 Å². The van der Waals surface area contributed by atoms with Crippen LogP contribution in [-0.4, -0.2) is 72.1 Å². The molecule has 0 radical (unpaired) electrons. The first kappa shape index (κ1) is 24.9. The lowest BCUT2D eigenvalue weighted by Gasteiger charge is -2.49. The number of hydrogen-bond acceptors (Lipinski definition) is 10. The molecule has 0 saturated carbocycles. The third kappa shape index (κ3) is 4.17. The molecule has 0 aliphatic carbocycles. The number of amides is 2. The number of nitrogen functional groups attached to an aromatic ring is 1. The van der Waals surface area contributed by atoms with Crippen molar-refractivity contribution in [3.05, 3.63) is 70.6 Å². The van der Waals surface area contributed by atoms with Gasteiger partial charge in [-0.15, -0.1) is 23.1 Å². The Kier molecular flexibility index (Phi) is 6.19. The fourth-order valence-electron chi connectivity index (χ4n) is 4.86. The molecule has 12 nitrogen and oxygen atoms in total. The molecule has 6 rings (SSSR count). The zero-order valence-corrected chi connectivity index (χ0v) is 22.0. The lowest BCUT2D eigenvalue weighted by atomic mass is 10.0. The Hall–Kier alpha value is -4.43. The number of aromatic nitrogens is 3. The number of benzene rings is 1. The number of para-hydroxylation sites is 1. The second-order valence-corrected chi connectivity index (χ2v) is 10.8. The second-order valence-electron chi connectivity index (χ2n) is 8.82. The number of β-lactam (4-membered cyclic amide) rings is 1. The molecule has 14 heteroatoms. The van der Waals surface area contributed by atoms with Crippen molar-refractivity contribution in [3.8, 4) is 0 Å². The maximum Gasteiger partial charge on any atom is 0.352 e. The predicted molar refractivity (Wildman–Crippen MR) is 146 cm³/mol. The summed E-state index contributed by atoms with van der Waals surface area (Å²) in [6.45, 7) is 0. The smallest absolute Gasteiger partial charge is 0.352 e. The first-order chi connectivity index (χ1) is 18.9. The van der Waals surface area contributed by atoms with Crippen LogP contribution in [0.3, 0.4) is 0 Å². The van der Waals surface area contributed by atoms with Gasteiger partial charge in [-0.05, 0) is 29.2 Å². The number of carboxylic acid groups (broad SMARTS) is 1. The van der Waals surface area contributed by atoms with Gasteiger partial charge in [-0.1, -0.05) is 23.4 Å². The summed E-state index contributed by atoms with van der Waals surface area (Å²) < 4.78 is 2.00. The highest BCUT2D eigenvalue weighted by molar-refractivity contribution is 8.00. The molecule has 2 aliphatic rings. The first-order valence-electron chi connectivity index (χ1n) is 11.7. The van der Waals surface area contributed by atoms with Crippen LogP contribution < -0.4 is 11.1 Å². The third-order valence-corrected chi connectivity index (χ3v) is 8.56. The van der Waals surface area contributed by atoms with Crippen molar-refractivity contribution in [1.29, 1.82) is 0 Å². The molecule has 5 heterocycles. The normalized spacial score (nSPS) is 19.3. The van der Waals surface area contributed by atoms with E-state index in [9.17, 15) is 19.5 Å². The summed E-state index contributed by atoms with van der Waals surface area (Å²) in [5, 5.41) is 18.8. The van der Waals surface area contributed by atoms with E-state index < -0.39 is 29.2 Å². The number of rotatable bonds is 7. The van der Waals surface area contributed by atoms with Gasteiger partial charge < -0.3 is 21.0 Å². The van der Waals surface area contributed by atoms with Crippen molar-refractivity contribution in [2.24, 2.45) is 5.16 Å². The number of thiazole rings is 1. The Morgan fingerprint density at radius 2 is 2.10 bits per heavy atom. The van der Waals surface area contributed by atoms with Crippen LogP contribution in [0.15, 0.2) is 64.4 Å². The van der Waals surface area contributed by atoms with E-state index in [-0.39, 0.29) is 22.2 Å². The summed E-state index contributed by atoms with van der Waals surface area (Å²) in [6.07, 6.45) is 2.03. The molecule has 4 N–H and O–H groups in total. The van der Waals surface area contributed by atoms with Crippen molar-refractivity contribution in [2.75, 3.05) is 18.6 Å². The molecule has 2 aliphatic heterocycles. The molecule has 0 spiro atoms. The predicted octanol–water partition coefficient (Wildman–Crippen LogP) is 1.86. The third-order valence-electron chi connectivity index (χ3n) is 6.54. The fourth-order valence-corrected chi connectivity index (χ4v) is 6.75. The lowest BCUT2D eigenvalue weighted by molar-refractivity contribution is -0.150. The minimum Gasteiger partial charge on any atom is -0.477 e. The molecule has 1 saturated heterocycles. The van der Waals surface area contributed by atoms with E-state index in [1.54, 1.807) is 11.6 Å². The number of thioether (sulfide) groups is 1. The van der Waals surface area contributed by atoms with Crippen molar-refractivity contribution >= 4 is 68.3 Å². The average Bonchev–Trinajstić information content (AvgIpc) is 3.55. The van der Waals surface area contributed by atoms with Crippen molar-refractivity contribution in [1.82, 2.24) is 24.6 Å². The standard InChI is InChI=1S/C25H21N7O5S2/c1-37-30-18(15-11-39-25(26)28-15)21(33)29-19-22(34)32-20(24(35)36)13(10-38-23(19)32)8-14-9-27-17-7-6-12-4-2-3-5-16(12)31(14)17/h2-7,9,11,19,23H,8,10H2,1H3,(H2,26,28)(H,29,33)(H,35,36)/b30-18-/t19-,23+/m1/s1. The average molecular weight is 564 g/mol. The zero-order valence-electron chi connectivity index (χ0n) is 20.4. The van der Waals surface area contributed by atoms with E-state index >= 15 is 0 Å². The molecule has 2 amide bonds. The number of nitrogens with zero attached hydrogens (tertiary/aromatic N) is 5. The highest BCUT2D eigenvalue weighted by Crippen LogP contribution is 2.41. The highest BCUT2D eigenvalue weighted by atomic mass is 32.2. The van der Waals surface area contributed by atoms with Crippen LogP contribution in [-0.2, 0) is 25.6 Å². The Balaban J connectivity index is 1.27. The molecular weight excluding hydrogens is 542 g/mol. The summed E-state index contributed by atoms with van der Waals surface area (Å²) in [5.41, 5.74) is 8.80. The zero-order chi connectivity index (χ0) is 27.3. The molecule has 39 heavy (non-hydrogen) atoms. The quantitative estimate of drug-likeness (QED) is 0.173. The Bertz CT molecular complexity index is 1730. The molecular formula is C25H21N7O5S2. The van der Waals surface area contributed by atoms with Gasteiger partial charge in [-0.25, -0.2) is 14.8 Å². The van der Waals surface area contributed by atoms with Gasteiger partial charge in [-0.2, -0.15) is 0 Å². The summed E-state index contributed by atoms with van der Waals surface area (Å²) in [4.78, 5) is 53.1. The van der Waals surface area contributed by atoms with Gasteiger partial charge in [0.05, 0.1) is 5.52 Å². The minimum absolute atomic E-state index is 0.0671. The molecule has 198 valence electrons. The number of nitrogens with two attached hydrogens (primary N) is 1. The molecule has 0 unspecified atom stereocenters. The molecule has 3 aromatic heterocycles. The maximum absolute atomic E-state index is 13.2. The van der Waals surface area contributed by atoms with Gasteiger partial charge in [-0.3, -0.25) is 18.9 Å². The number of hydrogen-bond donors (Lipinski definition) is 3. The van der Waals surface area contributed by atoms with E-state index in [0.717, 1.165) is 33.6 Å². The molecule has 2 atom stereocenters. The topological polar surface area (TPSA) is 165 Å². The van der Waals surface area contributed by atoms with Gasteiger partial charge >= 0.3 is 5.97 Å². The number of carbonyl (C=O) groups excluding carboxylic acids is 2. The van der Waals surface area contributed by atoms with Gasteiger partial charge in [0, 0.05) is 29.4 Å². The summed E-state index contributed by atoms with van der Waals surface area (Å²) in [7, 11) is 1.29. The van der Waals surface area contributed by atoms with Crippen LogP contribution in [0.25, 0.3) is 16.6 Å². The first-order valence-corrected chi connectivity index (χ1v) is 13.7. The SMILES string of the molecule is CO/N=C(\C(=O)N[C@@H]1C(=O)N2C(C(=O)O)=C(Cc3cnc4ccc5ccccc5n34)CS[C@@H]12)c1csc(N)n1. The van der Waals surface area contributed by atoms with E-state index in [1.807, 2.05) is 40.8 Å². The number of carbonyl (C=O) groups is 3. The van der Waals surface area contributed by atoms with Crippen LogP contribution in [0.2, 0.25) is 0 Å². The van der Waals surface area contributed by atoms with E-state index in [4.69, 9.17) is 10.6 Å². The van der Waals surface area contributed by atoms with Crippen molar-refractivity contribution in [3.63, 3.8) is 0 Å².